The molecule has 0 fully saturated rings. The molecule has 1 heterocycles. The molecule has 1 aliphatic heterocycles. The van der Waals surface area contributed by atoms with Crippen LogP contribution in [-0.2, 0) is 4.79 Å². The highest BCUT2D eigenvalue weighted by atomic mass is 16.5. The summed E-state index contributed by atoms with van der Waals surface area (Å²) in [5.41, 5.74) is 9.32. The van der Waals surface area contributed by atoms with Crippen LogP contribution in [0, 0.1) is 0 Å². The predicted molar refractivity (Wildman–Crippen MR) is 34.5 cm³/mol. The van der Waals surface area contributed by atoms with Gasteiger partial charge in [-0.1, -0.05) is 0 Å². The highest BCUT2D eigenvalue weighted by molar-refractivity contribution is 6.67. The highest BCUT2D eigenvalue weighted by Gasteiger charge is 2.28. The first-order valence-electron chi connectivity index (χ1n) is 2.56. The first-order valence-corrected chi connectivity index (χ1v) is 2.56. The summed E-state index contributed by atoms with van der Waals surface area (Å²) in [5, 5.41) is 8.14. The molecular formula is C4H3N5O2. The van der Waals surface area contributed by atoms with E-state index in [0.717, 1.165) is 6.34 Å². The quantitative estimate of drug-likeness (QED) is 0.209. The van der Waals surface area contributed by atoms with Gasteiger partial charge in [-0.3, -0.25) is 10.0 Å². The zero-order valence-electron chi connectivity index (χ0n) is 5.22. The van der Waals surface area contributed by atoms with Crippen molar-refractivity contribution in [3.8, 4) is 0 Å². The molecule has 0 spiro atoms. The van der Waals surface area contributed by atoms with E-state index >= 15 is 0 Å². The average Bonchev–Trinajstić information content (AvgIpc) is 2.50. The van der Waals surface area contributed by atoms with Crippen molar-refractivity contribution >= 4 is 23.8 Å². The third kappa shape index (κ3) is 1.18. The van der Waals surface area contributed by atoms with E-state index in [1.165, 1.54) is 5.48 Å². The Balaban J connectivity index is 2.93. The molecule has 2 N–H and O–H groups in total. The van der Waals surface area contributed by atoms with Gasteiger partial charge < -0.3 is 10.3 Å². The van der Waals surface area contributed by atoms with Gasteiger partial charge in [0, 0.05) is 0 Å². The molecule has 0 saturated carbocycles. The van der Waals surface area contributed by atoms with Gasteiger partial charge in [0.05, 0.1) is 0 Å². The molecule has 1 aliphatic rings. The number of hydrogen-bond donors (Lipinski definition) is 2. The summed E-state index contributed by atoms with van der Waals surface area (Å²) in [6.45, 7) is 0. The first-order chi connectivity index (χ1) is 5.29. The van der Waals surface area contributed by atoms with Crippen molar-refractivity contribution in [3.05, 3.63) is 5.53 Å². The third-order valence-corrected chi connectivity index (χ3v) is 0.990. The summed E-state index contributed by atoms with van der Waals surface area (Å²) < 4.78 is 0. The van der Waals surface area contributed by atoms with Crippen molar-refractivity contribution in [1.29, 1.82) is 0 Å². The number of hydrogen-bond acceptors (Lipinski definition) is 3. The Morgan fingerprint density at radius 3 is 3.09 bits per heavy atom. The minimum Gasteiger partial charge on any atom is -0.497 e. The largest absolute Gasteiger partial charge is 0.497 e. The Labute approximate surface area is 60.7 Å². The van der Waals surface area contributed by atoms with Gasteiger partial charge in [-0.05, 0) is 4.99 Å². The van der Waals surface area contributed by atoms with E-state index in [4.69, 9.17) is 10.7 Å². The lowest BCUT2D eigenvalue weighted by molar-refractivity contribution is -0.122. The Hall–Kier alpha value is -1.85. The Morgan fingerprint density at radius 2 is 2.55 bits per heavy atom. The second-order valence-corrected chi connectivity index (χ2v) is 1.59. The molecule has 7 nitrogen and oxygen atoms in total. The maximum Gasteiger partial charge on any atom is 0.434 e. The van der Waals surface area contributed by atoms with Crippen LogP contribution in [0.25, 0.3) is 5.53 Å². The minimum atomic E-state index is -0.865. The van der Waals surface area contributed by atoms with Crippen molar-refractivity contribution < 1.29 is 14.8 Å². The first kappa shape index (κ1) is 7.26. The average molecular weight is 153 g/mol. The maximum absolute atomic E-state index is 10.6. The number of hydroxylamine groups is 1. The van der Waals surface area contributed by atoms with Gasteiger partial charge >= 0.3 is 11.7 Å². The number of amidine groups is 1. The zero-order valence-corrected chi connectivity index (χ0v) is 5.22. The summed E-state index contributed by atoms with van der Waals surface area (Å²) in [6, 6.07) is 0. The second kappa shape index (κ2) is 2.82. The summed E-state index contributed by atoms with van der Waals surface area (Å²) >= 11 is 0. The number of rotatable bonds is 1. The van der Waals surface area contributed by atoms with Crippen LogP contribution in [0.4, 0.5) is 0 Å². The predicted octanol–water partition coefficient (Wildman–Crippen LogP) is -1.40. The summed E-state index contributed by atoms with van der Waals surface area (Å²) in [5.74, 6) is -1.09. The van der Waals surface area contributed by atoms with E-state index in [-0.39, 0.29) is 11.5 Å². The van der Waals surface area contributed by atoms with Gasteiger partial charge in [0.15, 0.2) is 0 Å². The summed E-state index contributed by atoms with van der Waals surface area (Å²) in [7, 11) is 0. The molecule has 0 bridgehead atoms. The standard InChI is InChI=1S/C4H3N5O2/c5-8-3-2(4(10)9-11)6-1-7-3/h1,11H,(H,9,10). The molecule has 0 atom stereocenters. The fourth-order valence-corrected chi connectivity index (χ4v) is 0.546. The molecule has 0 aromatic heterocycles. The van der Waals surface area contributed by atoms with Crippen LogP contribution in [0.2, 0.25) is 0 Å². The lowest BCUT2D eigenvalue weighted by atomic mass is 10.3. The Morgan fingerprint density at radius 1 is 1.82 bits per heavy atom. The van der Waals surface area contributed by atoms with Crippen LogP contribution >= 0.6 is 0 Å². The monoisotopic (exact) mass is 153 g/mol. The Kier molecular flexibility index (Phi) is 1.86. The van der Waals surface area contributed by atoms with Gasteiger partial charge in [-0.15, -0.1) is 0 Å². The molecule has 0 unspecified atom stereocenters. The van der Waals surface area contributed by atoms with E-state index in [0.29, 0.717) is 0 Å². The number of carbonyl (C=O) groups is 1. The van der Waals surface area contributed by atoms with Crippen LogP contribution in [0.15, 0.2) is 9.98 Å². The van der Waals surface area contributed by atoms with Crippen LogP contribution in [-0.4, -0.2) is 33.8 Å². The molecule has 1 amide bonds. The van der Waals surface area contributed by atoms with Crippen molar-refractivity contribution in [3.63, 3.8) is 0 Å². The second-order valence-electron chi connectivity index (χ2n) is 1.59. The maximum atomic E-state index is 10.6. The fourth-order valence-electron chi connectivity index (χ4n) is 0.546. The molecule has 11 heavy (non-hydrogen) atoms. The normalized spacial score (nSPS) is 14.3. The van der Waals surface area contributed by atoms with Crippen molar-refractivity contribution in [2.24, 2.45) is 9.98 Å². The van der Waals surface area contributed by atoms with Gasteiger partial charge in [-0.25, -0.2) is 5.48 Å². The van der Waals surface area contributed by atoms with E-state index in [2.05, 4.69) is 14.8 Å². The van der Waals surface area contributed by atoms with E-state index in [9.17, 15) is 4.79 Å². The zero-order chi connectivity index (χ0) is 8.27. The van der Waals surface area contributed by atoms with Gasteiger partial charge in [0.2, 0.25) is 12.1 Å². The van der Waals surface area contributed by atoms with Crippen molar-refractivity contribution in [1.82, 2.24) is 5.48 Å². The summed E-state index contributed by atoms with van der Waals surface area (Å²) in [4.78, 5) is 20.1. The molecule has 0 radical (unpaired) electrons. The minimum absolute atomic E-state index is 0.225. The van der Waals surface area contributed by atoms with Gasteiger partial charge in [0.1, 0.15) is 0 Å². The third-order valence-electron chi connectivity index (χ3n) is 0.990. The highest BCUT2D eigenvalue weighted by Crippen LogP contribution is 1.90. The summed E-state index contributed by atoms with van der Waals surface area (Å²) in [6.07, 6.45) is 1.04. The molecule has 1 rings (SSSR count). The number of aliphatic imine (C=N–C) groups is 2. The van der Waals surface area contributed by atoms with Gasteiger partial charge in [0.25, 0.3) is 0 Å². The molecule has 0 aromatic carbocycles. The molecule has 0 aliphatic carbocycles. The lowest BCUT2D eigenvalue weighted by Crippen LogP contribution is -2.32. The lowest BCUT2D eigenvalue weighted by Gasteiger charge is -1.89. The Bertz CT molecular complexity index is 298. The molecule has 0 aromatic rings. The molecular weight excluding hydrogens is 150 g/mol. The van der Waals surface area contributed by atoms with E-state index < -0.39 is 5.91 Å². The van der Waals surface area contributed by atoms with E-state index in [1.807, 2.05) is 0 Å². The number of carbonyl (C=O) groups excluding carboxylic acids is 1. The van der Waals surface area contributed by atoms with Crippen molar-refractivity contribution in [2.75, 3.05) is 0 Å². The molecule has 7 heteroatoms. The van der Waals surface area contributed by atoms with Crippen LogP contribution in [0.1, 0.15) is 0 Å². The van der Waals surface area contributed by atoms with Crippen LogP contribution in [0.5, 0.6) is 0 Å². The van der Waals surface area contributed by atoms with Crippen LogP contribution in [0.3, 0.4) is 0 Å². The fraction of sp³-hybridized carbons (Fsp3) is 0. The van der Waals surface area contributed by atoms with E-state index in [1.54, 1.807) is 0 Å². The van der Waals surface area contributed by atoms with Crippen molar-refractivity contribution in [2.45, 2.75) is 0 Å². The number of nitrogens with zero attached hydrogens (tertiary/aromatic N) is 4. The SMILES string of the molecule is [N-]=[N+]=C1N=CN=C1C(=O)NO. The number of nitrogens with one attached hydrogen (secondary N) is 1. The smallest absolute Gasteiger partial charge is 0.434 e. The van der Waals surface area contributed by atoms with Crippen LogP contribution < -0.4 is 5.48 Å². The number of amides is 1. The molecule has 0 saturated heterocycles. The topological polar surface area (TPSA) is 110 Å². The van der Waals surface area contributed by atoms with Gasteiger partial charge in [-0.2, -0.15) is 4.99 Å². The molecule has 56 valence electrons.